The number of methoxy groups -OCH3 is 1. The first-order chi connectivity index (χ1) is 10.3. The van der Waals surface area contributed by atoms with Gasteiger partial charge in [-0.15, -0.1) is 24.0 Å². The molecule has 0 fully saturated rings. The Labute approximate surface area is 154 Å². The Morgan fingerprint density at radius 2 is 1.50 bits per heavy atom. The fraction of sp³-hybridized carbons (Fsp3) is 0.938. The maximum absolute atomic E-state index is 5.63. The SMILES string of the molecule is CCCCCCCCOCCCNC(=NC)NCCOC.I. The number of unbranched alkanes of at least 4 members (excludes halogenated alkanes) is 5. The van der Waals surface area contributed by atoms with E-state index < -0.39 is 0 Å². The molecular formula is C16H36IN3O2. The second-order valence-corrected chi connectivity index (χ2v) is 5.15. The lowest BCUT2D eigenvalue weighted by molar-refractivity contribution is 0.128. The van der Waals surface area contributed by atoms with E-state index in [-0.39, 0.29) is 24.0 Å². The van der Waals surface area contributed by atoms with Crippen molar-refractivity contribution in [2.75, 3.05) is 47.1 Å². The molecule has 22 heavy (non-hydrogen) atoms. The van der Waals surface area contributed by atoms with E-state index in [1.54, 1.807) is 14.2 Å². The number of nitrogens with one attached hydrogen (secondary N) is 2. The first-order valence-corrected chi connectivity index (χ1v) is 8.36. The van der Waals surface area contributed by atoms with Crippen molar-refractivity contribution in [3.05, 3.63) is 0 Å². The summed E-state index contributed by atoms with van der Waals surface area (Å²) in [6.07, 6.45) is 8.89. The zero-order chi connectivity index (χ0) is 15.6. The summed E-state index contributed by atoms with van der Waals surface area (Å²) in [5.74, 6) is 0.822. The van der Waals surface area contributed by atoms with E-state index >= 15 is 0 Å². The molecule has 0 atom stereocenters. The molecule has 0 unspecified atom stereocenters. The molecule has 0 aromatic heterocycles. The third kappa shape index (κ3) is 18.0. The fourth-order valence-corrected chi connectivity index (χ4v) is 1.96. The summed E-state index contributed by atoms with van der Waals surface area (Å²) < 4.78 is 10.6. The molecule has 134 valence electrons. The van der Waals surface area contributed by atoms with Crippen LogP contribution in [0.2, 0.25) is 0 Å². The molecule has 0 aromatic rings. The van der Waals surface area contributed by atoms with Gasteiger partial charge in [0.05, 0.1) is 6.61 Å². The molecule has 0 radical (unpaired) electrons. The Kier molecular flexibility index (Phi) is 23.0. The van der Waals surface area contributed by atoms with Crippen LogP contribution in [-0.2, 0) is 9.47 Å². The summed E-state index contributed by atoms with van der Waals surface area (Å²) >= 11 is 0. The Balaban J connectivity index is 0. The lowest BCUT2D eigenvalue weighted by Crippen LogP contribution is -2.39. The summed E-state index contributed by atoms with van der Waals surface area (Å²) in [6, 6.07) is 0. The number of hydrogen-bond acceptors (Lipinski definition) is 3. The molecule has 0 aromatic carbocycles. The second kappa shape index (κ2) is 20.9. The van der Waals surface area contributed by atoms with Crippen LogP contribution in [0.4, 0.5) is 0 Å². The minimum atomic E-state index is 0. The van der Waals surface area contributed by atoms with Crippen molar-refractivity contribution >= 4 is 29.9 Å². The number of rotatable bonds is 14. The van der Waals surface area contributed by atoms with Gasteiger partial charge in [-0.3, -0.25) is 4.99 Å². The van der Waals surface area contributed by atoms with Gasteiger partial charge >= 0.3 is 0 Å². The van der Waals surface area contributed by atoms with Crippen molar-refractivity contribution in [3.8, 4) is 0 Å². The van der Waals surface area contributed by atoms with E-state index in [0.717, 1.165) is 38.7 Å². The van der Waals surface area contributed by atoms with Crippen LogP contribution in [-0.4, -0.2) is 53.0 Å². The van der Waals surface area contributed by atoms with E-state index in [9.17, 15) is 0 Å². The summed E-state index contributed by atoms with van der Waals surface area (Å²) in [6.45, 7) is 6.29. The number of guanidine groups is 1. The Bertz CT molecular complexity index is 241. The molecule has 0 saturated carbocycles. The van der Waals surface area contributed by atoms with Gasteiger partial charge in [-0.2, -0.15) is 0 Å². The summed E-state index contributed by atoms with van der Waals surface area (Å²) in [5.41, 5.74) is 0. The van der Waals surface area contributed by atoms with Crippen molar-refractivity contribution < 1.29 is 9.47 Å². The van der Waals surface area contributed by atoms with Gasteiger partial charge in [0, 0.05) is 40.5 Å². The summed E-state index contributed by atoms with van der Waals surface area (Å²) in [7, 11) is 3.47. The predicted molar refractivity (Wildman–Crippen MR) is 105 cm³/mol. The van der Waals surface area contributed by atoms with Gasteiger partial charge in [-0.1, -0.05) is 39.0 Å². The highest BCUT2D eigenvalue weighted by atomic mass is 127. The van der Waals surface area contributed by atoms with Crippen LogP contribution in [0.5, 0.6) is 0 Å². The maximum Gasteiger partial charge on any atom is 0.191 e. The minimum absolute atomic E-state index is 0. The number of halogens is 1. The standard InChI is InChI=1S/C16H35N3O2.HI/c1-4-5-6-7-8-9-13-21-14-10-11-18-16(17-2)19-12-15-20-3;/h4-15H2,1-3H3,(H2,17,18,19);1H. The van der Waals surface area contributed by atoms with Crippen LogP contribution in [0, 0.1) is 0 Å². The Morgan fingerprint density at radius 3 is 2.18 bits per heavy atom. The van der Waals surface area contributed by atoms with Crippen molar-refractivity contribution in [2.45, 2.75) is 51.9 Å². The molecule has 0 spiro atoms. The molecule has 0 rings (SSSR count). The highest BCUT2D eigenvalue weighted by Gasteiger charge is 1.96. The third-order valence-corrected chi connectivity index (χ3v) is 3.22. The van der Waals surface area contributed by atoms with Crippen LogP contribution < -0.4 is 10.6 Å². The van der Waals surface area contributed by atoms with Gasteiger partial charge in [0.25, 0.3) is 0 Å². The van der Waals surface area contributed by atoms with Crippen LogP contribution in [0.25, 0.3) is 0 Å². The number of hydrogen-bond donors (Lipinski definition) is 2. The van der Waals surface area contributed by atoms with E-state index in [1.807, 2.05) is 0 Å². The van der Waals surface area contributed by atoms with Crippen molar-refractivity contribution in [3.63, 3.8) is 0 Å². The molecule has 0 saturated heterocycles. The molecule has 0 heterocycles. The zero-order valence-corrected chi connectivity index (χ0v) is 17.0. The lowest BCUT2D eigenvalue weighted by atomic mass is 10.1. The first-order valence-electron chi connectivity index (χ1n) is 8.36. The topological polar surface area (TPSA) is 54.9 Å². The first kappa shape index (κ1) is 24.2. The van der Waals surface area contributed by atoms with Gasteiger partial charge in [-0.25, -0.2) is 0 Å². The van der Waals surface area contributed by atoms with Crippen molar-refractivity contribution in [2.24, 2.45) is 4.99 Å². The van der Waals surface area contributed by atoms with Crippen LogP contribution in [0.1, 0.15) is 51.9 Å². The van der Waals surface area contributed by atoms with Gasteiger partial charge in [0.1, 0.15) is 0 Å². The lowest BCUT2D eigenvalue weighted by Gasteiger charge is -2.11. The molecule has 0 aliphatic heterocycles. The average Bonchev–Trinajstić information content (AvgIpc) is 2.51. The number of ether oxygens (including phenoxy) is 2. The molecule has 6 heteroatoms. The number of nitrogens with zero attached hydrogens (tertiary/aromatic N) is 1. The van der Waals surface area contributed by atoms with Crippen molar-refractivity contribution in [1.82, 2.24) is 10.6 Å². The monoisotopic (exact) mass is 429 g/mol. The molecule has 5 nitrogen and oxygen atoms in total. The van der Waals surface area contributed by atoms with E-state index in [1.165, 1.54) is 38.5 Å². The molecule has 0 amide bonds. The van der Waals surface area contributed by atoms with Crippen LogP contribution >= 0.6 is 24.0 Å². The van der Waals surface area contributed by atoms with Crippen LogP contribution in [0.15, 0.2) is 4.99 Å². The molecule has 0 aliphatic carbocycles. The fourth-order valence-electron chi connectivity index (χ4n) is 1.96. The molecule has 2 N–H and O–H groups in total. The highest BCUT2D eigenvalue weighted by molar-refractivity contribution is 14.0. The normalized spacial score (nSPS) is 11.1. The summed E-state index contributed by atoms with van der Waals surface area (Å²) in [5, 5.41) is 6.44. The van der Waals surface area contributed by atoms with Crippen LogP contribution in [0.3, 0.4) is 0 Å². The van der Waals surface area contributed by atoms with Gasteiger partial charge in [0.2, 0.25) is 0 Å². The van der Waals surface area contributed by atoms with Crippen molar-refractivity contribution in [1.29, 1.82) is 0 Å². The zero-order valence-electron chi connectivity index (χ0n) is 14.7. The second-order valence-electron chi connectivity index (χ2n) is 5.15. The van der Waals surface area contributed by atoms with Gasteiger partial charge in [0.15, 0.2) is 5.96 Å². The van der Waals surface area contributed by atoms with E-state index in [4.69, 9.17) is 9.47 Å². The summed E-state index contributed by atoms with van der Waals surface area (Å²) in [4.78, 5) is 4.14. The Morgan fingerprint density at radius 1 is 0.864 bits per heavy atom. The predicted octanol–water partition coefficient (Wildman–Crippen LogP) is 3.18. The van der Waals surface area contributed by atoms with Gasteiger partial charge in [-0.05, 0) is 12.8 Å². The quantitative estimate of drug-likeness (QED) is 0.193. The average molecular weight is 429 g/mol. The van der Waals surface area contributed by atoms with E-state index in [2.05, 4.69) is 22.5 Å². The molecular weight excluding hydrogens is 393 g/mol. The smallest absolute Gasteiger partial charge is 0.191 e. The van der Waals surface area contributed by atoms with E-state index in [0.29, 0.717) is 6.61 Å². The largest absolute Gasteiger partial charge is 0.383 e. The Hall–Kier alpha value is -0.0800. The highest BCUT2D eigenvalue weighted by Crippen LogP contribution is 2.04. The van der Waals surface area contributed by atoms with Gasteiger partial charge < -0.3 is 20.1 Å². The number of aliphatic imine (C=N–C) groups is 1. The third-order valence-electron chi connectivity index (χ3n) is 3.22. The minimum Gasteiger partial charge on any atom is -0.383 e. The molecule has 0 aliphatic rings. The maximum atomic E-state index is 5.63. The molecule has 0 bridgehead atoms.